The SMILES string of the molecule is C=CCCCC(=O)Nc1ccc(OC)c(N)c1.Cl.Cl. The molecule has 0 aliphatic heterocycles. The Morgan fingerprint density at radius 1 is 1.47 bits per heavy atom. The van der Waals surface area contributed by atoms with E-state index in [0.717, 1.165) is 12.8 Å². The number of hydrogen-bond acceptors (Lipinski definition) is 3. The second-order valence-corrected chi connectivity index (χ2v) is 3.69. The van der Waals surface area contributed by atoms with Gasteiger partial charge in [0.25, 0.3) is 0 Å². The third-order valence-corrected chi connectivity index (χ3v) is 2.33. The van der Waals surface area contributed by atoms with Crippen molar-refractivity contribution < 1.29 is 9.53 Å². The highest BCUT2D eigenvalue weighted by Gasteiger charge is 2.04. The van der Waals surface area contributed by atoms with Crippen LogP contribution in [0.2, 0.25) is 0 Å². The Kier molecular flexibility index (Phi) is 11.0. The number of allylic oxidation sites excluding steroid dienone is 1. The molecule has 0 heterocycles. The number of methoxy groups -OCH3 is 1. The Labute approximate surface area is 126 Å². The van der Waals surface area contributed by atoms with Gasteiger partial charge in [-0.1, -0.05) is 6.08 Å². The van der Waals surface area contributed by atoms with Crippen LogP contribution in [-0.4, -0.2) is 13.0 Å². The molecule has 0 unspecified atom stereocenters. The standard InChI is InChI=1S/C13H18N2O2.2ClH/c1-3-4-5-6-13(16)15-10-7-8-12(17-2)11(14)9-10;;/h3,7-9H,1,4-6,14H2,2H3,(H,15,16);2*1H. The zero-order valence-electron chi connectivity index (χ0n) is 10.8. The molecule has 4 nitrogen and oxygen atoms in total. The van der Waals surface area contributed by atoms with Crippen LogP contribution in [0.4, 0.5) is 11.4 Å². The van der Waals surface area contributed by atoms with Crippen molar-refractivity contribution in [3.63, 3.8) is 0 Å². The van der Waals surface area contributed by atoms with Crippen LogP contribution in [0, 0.1) is 0 Å². The van der Waals surface area contributed by atoms with Gasteiger partial charge < -0.3 is 15.8 Å². The lowest BCUT2D eigenvalue weighted by atomic mass is 10.2. The summed E-state index contributed by atoms with van der Waals surface area (Å²) in [6.07, 6.45) is 3.94. The predicted octanol–water partition coefficient (Wildman–Crippen LogP) is 3.42. The topological polar surface area (TPSA) is 64.3 Å². The van der Waals surface area contributed by atoms with Crippen LogP contribution in [0.15, 0.2) is 30.9 Å². The van der Waals surface area contributed by atoms with E-state index in [9.17, 15) is 4.79 Å². The van der Waals surface area contributed by atoms with E-state index in [4.69, 9.17) is 10.5 Å². The molecule has 0 aromatic heterocycles. The minimum atomic E-state index is -0.0172. The van der Waals surface area contributed by atoms with Gasteiger partial charge in [-0.3, -0.25) is 4.79 Å². The first-order valence-corrected chi connectivity index (χ1v) is 5.51. The molecule has 0 bridgehead atoms. The monoisotopic (exact) mass is 306 g/mol. The molecule has 0 aliphatic rings. The van der Waals surface area contributed by atoms with Crippen molar-refractivity contribution in [2.75, 3.05) is 18.2 Å². The Hall–Kier alpha value is -1.39. The van der Waals surface area contributed by atoms with Gasteiger partial charge in [-0.25, -0.2) is 0 Å². The molecular formula is C13H20Cl2N2O2. The van der Waals surface area contributed by atoms with Crippen LogP contribution in [0.25, 0.3) is 0 Å². The summed E-state index contributed by atoms with van der Waals surface area (Å²) in [4.78, 5) is 11.5. The number of anilines is 2. The van der Waals surface area contributed by atoms with Crippen molar-refractivity contribution >= 4 is 42.1 Å². The highest BCUT2D eigenvalue weighted by molar-refractivity contribution is 5.91. The van der Waals surface area contributed by atoms with Crippen LogP contribution in [-0.2, 0) is 4.79 Å². The number of benzene rings is 1. The number of carbonyl (C=O) groups is 1. The van der Waals surface area contributed by atoms with E-state index < -0.39 is 0 Å². The zero-order valence-corrected chi connectivity index (χ0v) is 12.5. The first kappa shape index (κ1) is 19.9. The fourth-order valence-corrected chi connectivity index (χ4v) is 1.44. The number of nitrogens with two attached hydrogens (primary N) is 1. The van der Waals surface area contributed by atoms with Gasteiger partial charge in [-0.2, -0.15) is 0 Å². The normalized spacial score (nSPS) is 8.68. The van der Waals surface area contributed by atoms with Crippen LogP contribution in [0.3, 0.4) is 0 Å². The Morgan fingerprint density at radius 2 is 2.16 bits per heavy atom. The lowest BCUT2D eigenvalue weighted by Crippen LogP contribution is -2.11. The van der Waals surface area contributed by atoms with E-state index in [1.807, 2.05) is 0 Å². The van der Waals surface area contributed by atoms with Crippen molar-refractivity contribution in [2.45, 2.75) is 19.3 Å². The van der Waals surface area contributed by atoms with E-state index in [-0.39, 0.29) is 30.7 Å². The highest BCUT2D eigenvalue weighted by atomic mass is 35.5. The third kappa shape index (κ3) is 6.94. The molecule has 1 aromatic rings. The summed E-state index contributed by atoms with van der Waals surface area (Å²) in [5.41, 5.74) is 6.94. The summed E-state index contributed by atoms with van der Waals surface area (Å²) in [5, 5.41) is 2.78. The predicted molar refractivity (Wildman–Crippen MR) is 84.6 cm³/mol. The van der Waals surface area contributed by atoms with Gasteiger partial charge in [0.05, 0.1) is 12.8 Å². The molecule has 0 aliphatic carbocycles. The lowest BCUT2D eigenvalue weighted by Gasteiger charge is -2.08. The number of unbranched alkanes of at least 4 members (excludes halogenated alkanes) is 1. The number of halogens is 2. The maximum absolute atomic E-state index is 11.5. The number of amides is 1. The smallest absolute Gasteiger partial charge is 0.224 e. The Balaban J connectivity index is 0. The van der Waals surface area contributed by atoms with E-state index in [2.05, 4.69) is 11.9 Å². The second-order valence-electron chi connectivity index (χ2n) is 3.69. The molecule has 0 saturated carbocycles. The fourth-order valence-electron chi connectivity index (χ4n) is 1.44. The van der Waals surface area contributed by atoms with Crippen molar-refractivity contribution in [2.24, 2.45) is 0 Å². The van der Waals surface area contributed by atoms with Crippen molar-refractivity contribution in [1.82, 2.24) is 0 Å². The van der Waals surface area contributed by atoms with Gasteiger partial charge in [0.15, 0.2) is 0 Å². The number of nitrogen functional groups attached to an aromatic ring is 1. The Morgan fingerprint density at radius 3 is 2.68 bits per heavy atom. The molecule has 1 amide bonds. The second kappa shape index (κ2) is 10.5. The molecule has 108 valence electrons. The number of nitrogens with one attached hydrogen (secondary N) is 1. The van der Waals surface area contributed by atoms with E-state index in [0.29, 0.717) is 23.5 Å². The summed E-state index contributed by atoms with van der Waals surface area (Å²) < 4.78 is 5.04. The summed E-state index contributed by atoms with van der Waals surface area (Å²) in [7, 11) is 1.55. The van der Waals surface area contributed by atoms with Crippen LogP contribution >= 0.6 is 24.8 Å². The summed E-state index contributed by atoms with van der Waals surface area (Å²) in [6, 6.07) is 5.18. The summed E-state index contributed by atoms with van der Waals surface area (Å²) >= 11 is 0. The fraction of sp³-hybridized carbons (Fsp3) is 0.308. The third-order valence-electron chi connectivity index (χ3n) is 2.33. The van der Waals surface area contributed by atoms with Crippen LogP contribution in [0.1, 0.15) is 19.3 Å². The van der Waals surface area contributed by atoms with Gasteiger partial charge in [-0.05, 0) is 31.0 Å². The molecule has 0 radical (unpaired) electrons. The van der Waals surface area contributed by atoms with Gasteiger partial charge in [0, 0.05) is 12.1 Å². The van der Waals surface area contributed by atoms with Crippen LogP contribution in [0.5, 0.6) is 5.75 Å². The van der Waals surface area contributed by atoms with Gasteiger partial charge >= 0.3 is 0 Å². The van der Waals surface area contributed by atoms with Crippen molar-refractivity contribution in [1.29, 1.82) is 0 Å². The molecule has 0 atom stereocenters. The number of hydrogen-bond donors (Lipinski definition) is 2. The Bertz CT molecular complexity index is 412. The first-order chi connectivity index (χ1) is 8.17. The quantitative estimate of drug-likeness (QED) is 0.481. The molecule has 1 rings (SSSR count). The zero-order chi connectivity index (χ0) is 12.7. The first-order valence-electron chi connectivity index (χ1n) is 5.51. The number of carbonyl (C=O) groups excluding carboxylic acids is 1. The maximum atomic E-state index is 11.5. The van der Waals surface area contributed by atoms with Gasteiger partial charge in [0.1, 0.15) is 5.75 Å². The average Bonchev–Trinajstić information content (AvgIpc) is 2.29. The molecule has 19 heavy (non-hydrogen) atoms. The minimum Gasteiger partial charge on any atom is -0.495 e. The largest absolute Gasteiger partial charge is 0.495 e. The summed E-state index contributed by atoms with van der Waals surface area (Å²) in [6.45, 7) is 3.61. The summed E-state index contributed by atoms with van der Waals surface area (Å²) in [5.74, 6) is 0.589. The number of rotatable bonds is 6. The van der Waals surface area contributed by atoms with Gasteiger partial charge in [-0.15, -0.1) is 31.4 Å². The van der Waals surface area contributed by atoms with Crippen molar-refractivity contribution in [3.8, 4) is 5.75 Å². The molecular weight excluding hydrogens is 287 g/mol. The van der Waals surface area contributed by atoms with E-state index >= 15 is 0 Å². The van der Waals surface area contributed by atoms with Gasteiger partial charge in [0.2, 0.25) is 5.91 Å². The molecule has 0 spiro atoms. The molecule has 6 heteroatoms. The van der Waals surface area contributed by atoms with E-state index in [1.165, 1.54) is 0 Å². The van der Waals surface area contributed by atoms with Crippen LogP contribution < -0.4 is 15.8 Å². The maximum Gasteiger partial charge on any atom is 0.224 e. The van der Waals surface area contributed by atoms with E-state index in [1.54, 1.807) is 31.4 Å². The molecule has 1 aromatic carbocycles. The molecule has 3 N–H and O–H groups in total. The highest BCUT2D eigenvalue weighted by Crippen LogP contribution is 2.24. The lowest BCUT2D eigenvalue weighted by molar-refractivity contribution is -0.116. The average molecular weight is 307 g/mol. The van der Waals surface area contributed by atoms with Crippen molar-refractivity contribution in [3.05, 3.63) is 30.9 Å². The molecule has 0 fully saturated rings. The molecule has 0 saturated heterocycles. The number of ether oxygens (including phenoxy) is 1. The minimum absolute atomic E-state index is 0.